The molecule has 1 aromatic carbocycles. The number of nitrogens with one attached hydrogen (secondary N) is 1. The number of nitrogens with zero attached hydrogens (tertiary/aromatic N) is 1. The highest BCUT2D eigenvalue weighted by Gasteiger charge is 2.27. The van der Waals surface area contributed by atoms with E-state index in [4.69, 9.17) is 0 Å². The van der Waals surface area contributed by atoms with Crippen molar-refractivity contribution in [1.29, 1.82) is 0 Å². The minimum absolute atomic E-state index is 0.284. The lowest BCUT2D eigenvalue weighted by Crippen LogP contribution is -2.20. The van der Waals surface area contributed by atoms with Crippen LogP contribution < -0.4 is 0 Å². The van der Waals surface area contributed by atoms with Gasteiger partial charge < -0.3 is 9.72 Å². The molecule has 94 valence electrons. The molecule has 0 bridgehead atoms. The third kappa shape index (κ3) is 2.14. The molecule has 0 radical (unpaired) electrons. The summed E-state index contributed by atoms with van der Waals surface area (Å²) in [7, 11) is 1.35. The number of hydrogen-bond donors (Lipinski definition) is 1. The zero-order chi connectivity index (χ0) is 13.2. The van der Waals surface area contributed by atoms with Gasteiger partial charge in [-0.05, 0) is 19.4 Å². The number of imidazole rings is 1. The predicted octanol–water partition coefficient (Wildman–Crippen LogP) is 2.52. The summed E-state index contributed by atoms with van der Waals surface area (Å²) in [6.07, 6.45) is 1.51. The molecule has 4 heteroatoms. The average molecular weight is 244 g/mol. The maximum Gasteiger partial charge on any atom is 0.356 e. The Balaban J connectivity index is 2.36. The van der Waals surface area contributed by atoms with E-state index in [1.54, 1.807) is 0 Å². The molecule has 0 atom stereocenters. The maximum absolute atomic E-state index is 11.4. The van der Waals surface area contributed by atoms with Gasteiger partial charge in [0, 0.05) is 5.41 Å². The summed E-state index contributed by atoms with van der Waals surface area (Å²) in [6.45, 7) is 4.12. The van der Waals surface area contributed by atoms with Crippen molar-refractivity contribution >= 4 is 5.97 Å². The molecule has 1 heterocycles. The van der Waals surface area contributed by atoms with E-state index in [0.717, 1.165) is 11.4 Å². The van der Waals surface area contributed by atoms with Crippen molar-refractivity contribution in [2.45, 2.75) is 19.3 Å². The van der Waals surface area contributed by atoms with Crippen LogP contribution in [0.2, 0.25) is 0 Å². The van der Waals surface area contributed by atoms with Gasteiger partial charge in [0.2, 0.25) is 0 Å². The fraction of sp³-hybridized carbons (Fsp3) is 0.286. The van der Waals surface area contributed by atoms with Crippen molar-refractivity contribution < 1.29 is 9.53 Å². The number of ether oxygens (including phenoxy) is 1. The van der Waals surface area contributed by atoms with Crippen LogP contribution in [0, 0.1) is 0 Å². The third-order valence-corrected chi connectivity index (χ3v) is 3.07. The lowest BCUT2D eigenvalue weighted by atomic mass is 9.84. The maximum atomic E-state index is 11.4. The van der Waals surface area contributed by atoms with Crippen LogP contribution in [-0.2, 0) is 10.2 Å². The molecule has 0 aliphatic carbocycles. The second-order valence-corrected chi connectivity index (χ2v) is 4.63. The van der Waals surface area contributed by atoms with Gasteiger partial charge >= 0.3 is 5.97 Å². The molecule has 0 aliphatic heterocycles. The molecule has 2 rings (SSSR count). The highest BCUT2D eigenvalue weighted by molar-refractivity contribution is 5.86. The standard InChI is InChI=1S/C14H16N2O2/c1-14(2,10-7-5-4-6-8-10)13-15-9-11(16-13)12(17)18-3/h4-9H,1-3H3,(H,15,16). The van der Waals surface area contributed by atoms with Crippen molar-refractivity contribution in [2.24, 2.45) is 0 Å². The van der Waals surface area contributed by atoms with Crippen LogP contribution in [0.15, 0.2) is 36.5 Å². The Hall–Kier alpha value is -2.10. The summed E-state index contributed by atoms with van der Waals surface area (Å²) in [5.41, 5.74) is 1.22. The van der Waals surface area contributed by atoms with Gasteiger partial charge in [-0.2, -0.15) is 0 Å². The van der Waals surface area contributed by atoms with Crippen LogP contribution in [0.25, 0.3) is 0 Å². The van der Waals surface area contributed by atoms with Crippen LogP contribution in [0.1, 0.15) is 35.7 Å². The molecule has 0 unspecified atom stereocenters. The minimum atomic E-state index is -0.405. The summed E-state index contributed by atoms with van der Waals surface area (Å²) < 4.78 is 4.66. The Bertz CT molecular complexity index is 544. The molecule has 18 heavy (non-hydrogen) atoms. The molecular weight excluding hydrogens is 228 g/mol. The van der Waals surface area contributed by atoms with Gasteiger partial charge in [-0.15, -0.1) is 0 Å². The zero-order valence-electron chi connectivity index (χ0n) is 10.7. The van der Waals surface area contributed by atoms with Crippen molar-refractivity contribution in [3.8, 4) is 0 Å². The number of methoxy groups -OCH3 is 1. The van der Waals surface area contributed by atoms with Gasteiger partial charge in [0.1, 0.15) is 11.5 Å². The number of hydrogen-bond acceptors (Lipinski definition) is 3. The topological polar surface area (TPSA) is 55.0 Å². The van der Waals surface area contributed by atoms with Crippen molar-refractivity contribution in [3.05, 3.63) is 53.6 Å². The summed E-state index contributed by atoms with van der Waals surface area (Å²) in [5.74, 6) is 0.340. The normalized spacial score (nSPS) is 11.3. The fourth-order valence-electron chi connectivity index (χ4n) is 1.84. The molecule has 0 saturated carbocycles. The number of aromatic nitrogens is 2. The number of benzene rings is 1. The Morgan fingerprint density at radius 3 is 2.56 bits per heavy atom. The third-order valence-electron chi connectivity index (χ3n) is 3.07. The Morgan fingerprint density at radius 2 is 1.94 bits per heavy atom. The minimum Gasteiger partial charge on any atom is -0.464 e. The van der Waals surface area contributed by atoms with Gasteiger partial charge in [-0.25, -0.2) is 9.78 Å². The molecule has 0 aliphatic rings. The van der Waals surface area contributed by atoms with Gasteiger partial charge in [-0.3, -0.25) is 0 Å². The summed E-state index contributed by atoms with van der Waals surface area (Å²) in [4.78, 5) is 18.7. The number of esters is 1. The van der Waals surface area contributed by atoms with Crippen molar-refractivity contribution in [2.75, 3.05) is 7.11 Å². The van der Waals surface area contributed by atoms with Crippen LogP contribution in [0.3, 0.4) is 0 Å². The lowest BCUT2D eigenvalue weighted by Gasteiger charge is -2.22. The van der Waals surface area contributed by atoms with E-state index in [1.807, 2.05) is 30.3 Å². The first-order valence-electron chi connectivity index (χ1n) is 5.75. The van der Waals surface area contributed by atoms with Gasteiger partial charge in [0.05, 0.1) is 13.3 Å². The molecule has 0 spiro atoms. The second kappa shape index (κ2) is 4.64. The first kappa shape index (κ1) is 12.4. The summed E-state index contributed by atoms with van der Waals surface area (Å²) >= 11 is 0. The number of aromatic amines is 1. The molecule has 0 amide bonds. The largest absolute Gasteiger partial charge is 0.464 e. The van der Waals surface area contributed by atoms with E-state index < -0.39 is 5.97 Å². The SMILES string of the molecule is COC(=O)c1cnc(C(C)(C)c2ccccc2)[nH]1. The molecular formula is C14H16N2O2. The van der Waals surface area contributed by atoms with Crippen LogP contribution in [-0.4, -0.2) is 23.0 Å². The number of H-pyrrole nitrogens is 1. The van der Waals surface area contributed by atoms with Gasteiger partial charge in [0.15, 0.2) is 0 Å². The molecule has 0 saturated heterocycles. The summed E-state index contributed by atoms with van der Waals surface area (Å²) in [5, 5.41) is 0. The fourth-order valence-corrected chi connectivity index (χ4v) is 1.84. The van der Waals surface area contributed by atoms with Crippen LogP contribution >= 0.6 is 0 Å². The van der Waals surface area contributed by atoms with Crippen LogP contribution in [0.5, 0.6) is 0 Å². The van der Waals surface area contributed by atoms with E-state index in [1.165, 1.54) is 13.3 Å². The number of carbonyl (C=O) groups excluding carboxylic acids is 1. The van der Waals surface area contributed by atoms with E-state index in [0.29, 0.717) is 5.69 Å². The van der Waals surface area contributed by atoms with Crippen LogP contribution in [0.4, 0.5) is 0 Å². The lowest BCUT2D eigenvalue weighted by molar-refractivity contribution is 0.0594. The Kier molecular flexibility index (Phi) is 3.19. The van der Waals surface area contributed by atoms with E-state index in [2.05, 4.69) is 28.6 Å². The summed E-state index contributed by atoms with van der Waals surface area (Å²) in [6, 6.07) is 10.0. The quantitative estimate of drug-likeness (QED) is 0.844. The smallest absolute Gasteiger partial charge is 0.356 e. The first-order valence-corrected chi connectivity index (χ1v) is 5.75. The highest BCUT2D eigenvalue weighted by atomic mass is 16.5. The zero-order valence-corrected chi connectivity index (χ0v) is 10.7. The number of rotatable bonds is 3. The Labute approximate surface area is 106 Å². The van der Waals surface area contributed by atoms with E-state index >= 15 is 0 Å². The van der Waals surface area contributed by atoms with E-state index in [-0.39, 0.29) is 5.41 Å². The van der Waals surface area contributed by atoms with Gasteiger partial charge in [-0.1, -0.05) is 30.3 Å². The monoisotopic (exact) mass is 244 g/mol. The molecule has 4 nitrogen and oxygen atoms in total. The van der Waals surface area contributed by atoms with Crippen molar-refractivity contribution in [3.63, 3.8) is 0 Å². The highest BCUT2D eigenvalue weighted by Crippen LogP contribution is 2.28. The average Bonchev–Trinajstić information content (AvgIpc) is 2.89. The van der Waals surface area contributed by atoms with Crippen molar-refractivity contribution in [1.82, 2.24) is 9.97 Å². The predicted molar refractivity (Wildman–Crippen MR) is 68.5 cm³/mol. The molecule has 1 aromatic heterocycles. The number of carbonyl (C=O) groups is 1. The van der Waals surface area contributed by atoms with E-state index in [9.17, 15) is 4.79 Å². The Morgan fingerprint density at radius 1 is 1.28 bits per heavy atom. The molecule has 0 fully saturated rings. The molecule has 2 aromatic rings. The second-order valence-electron chi connectivity index (χ2n) is 4.63. The first-order chi connectivity index (χ1) is 8.55. The van der Waals surface area contributed by atoms with Gasteiger partial charge in [0.25, 0.3) is 0 Å². The molecule has 1 N–H and O–H groups in total.